The van der Waals surface area contributed by atoms with Gasteiger partial charge in [-0.05, 0) is 142 Å². The monoisotopic (exact) mass is 1150 g/mol. The van der Waals surface area contributed by atoms with Crippen molar-refractivity contribution in [1.29, 1.82) is 0 Å². The number of benzene rings is 4. The number of aryl methyl sites for hydroxylation is 1. The minimum Gasteiger partial charge on any atom is -0.490 e. The fraction of sp³-hybridized carbons (Fsp3) is 0.373. The van der Waals surface area contributed by atoms with Crippen molar-refractivity contribution in [2.24, 2.45) is 0 Å². The second kappa shape index (κ2) is 29.8. The third kappa shape index (κ3) is 18.0. The highest BCUT2D eigenvalue weighted by atomic mass is 35.5. The summed E-state index contributed by atoms with van der Waals surface area (Å²) < 4.78 is 5.55. The molecule has 4 N–H and O–H groups in total. The number of nitrogens with zero attached hydrogens (tertiary/aromatic N) is 5. The van der Waals surface area contributed by atoms with Crippen LogP contribution in [0.25, 0.3) is 21.8 Å². The average molecular weight is 1160 g/mol. The number of hydrogen-bond acceptors (Lipinski definition) is 8. The van der Waals surface area contributed by atoms with E-state index in [1.807, 2.05) is 56.6 Å². The Morgan fingerprint density at radius 2 is 1.19 bits per heavy atom. The van der Waals surface area contributed by atoms with E-state index in [0.717, 1.165) is 68.3 Å². The molecule has 0 aliphatic carbocycles. The maximum Gasteiger partial charge on any atom is 0.150 e. The molecule has 9 nitrogen and oxygen atoms in total. The van der Waals surface area contributed by atoms with Gasteiger partial charge in [-0.25, -0.2) is 19.9 Å². The summed E-state index contributed by atoms with van der Waals surface area (Å²) in [4.78, 5) is 16.1. The molecule has 1 aliphatic rings. The van der Waals surface area contributed by atoms with Gasteiger partial charge in [0.2, 0.25) is 0 Å². The molecule has 0 bridgehead atoms. The lowest BCUT2D eigenvalue weighted by Crippen LogP contribution is -2.18. The molecule has 4 aromatic carbocycles. The molecule has 402 valence electrons. The van der Waals surface area contributed by atoms with E-state index in [1.165, 1.54) is 27.6 Å². The van der Waals surface area contributed by atoms with Crippen molar-refractivity contribution < 1.29 is 4.74 Å². The normalized spacial score (nSPS) is 11.6. The molecule has 0 radical (unpaired) electrons. The Balaban J connectivity index is 0.000000195. The number of hydrogen-bond donors (Lipinski definition) is 3. The zero-order valence-corrected chi connectivity index (χ0v) is 50.7. The molecule has 9 rings (SSSR count). The number of halogens is 7. The predicted molar refractivity (Wildman–Crippen MR) is 324 cm³/mol. The van der Waals surface area contributed by atoms with Gasteiger partial charge in [-0.3, -0.25) is 5.10 Å². The molecule has 8 aromatic rings. The fourth-order valence-electron chi connectivity index (χ4n) is 7.77. The van der Waals surface area contributed by atoms with Crippen molar-refractivity contribution in [3.8, 4) is 5.75 Å². The molecular formula is C59H71Cl7N8O. The van der Waals surface area contributed by atoms with E-state index in [0.29, 0.717) is 66.6 Å². The number of ether oxygens (including phenoxy) is 1. The highest BCUT2D eigenvalue weighted by Crippen LogP contribution is 2.37. The molecule has 0 saturated heterocycles. The summed E-state index contributed by atoms with van der Waals surface area (Å²) in [5.74, 6) is 4.03. The zero-order chi connectivity index (χ0) is 55.8. The van der Waals surface area contributed by atoms with Gasteiger partial charge in [0, 0.05) is 34.7 Å². The molecular weight excluding hydrogens is 1080 g/mol. The number of nitrogens with two attached hydrogens (primary N) is 1. The lowest BCUT2D eigenvalue weighted by Gasteiger charge is -2.21. The first kappa shape index (κ1) is 63.0. The number of anilines is 2. The van der Waals surface area contributed by atoms with Gasteiger partial charge in [0.15, 0.2) is 0 Å². The summed E-state index contributed by atoms with van der Waals surface area (Å²) in [6.07, 6.45) is 7.04. The van der Waals surface area contributed by atoms with Crippen LogP contribution in [0.5, 0.6) is 5.75 Å². The lowest BCUT2D eigenvalue weighted by atomic mass is 9.93. The Morgan fingerprint density at radius 1 is 0.560 bits per heavy atom. The number of rotatable bonds is 6. The van der Waals surface area contributed by atoms with Gasteiger partial charge in [0.05, 0.1) is 43.0 Å². The first-order valence-corrected chi connectivity index (χ1v) is 27.7. The van der Waals surface area contributed by atoms with E-state index < -0.39 is 0 Å². The summed E-state index contributed by atoms with van der Waals surface area (Å²) in [5.41, 5.74) is 18.3. The molecule has 0 atom stereocenters. The van der Waals surface area contributed by atoms with Crippen molar-refractivity contribution in [3.63, 3.8) is 0 Å². The topological polar surface area (TPSA) is 128 Å². The van der Waals surface area contributed by atoms with Crippen LogP contribution in [0, 0.1) is 13.8 Å². The van der Waals surface area contributed by atoms with Crippen molar-refractivity contribution in [2.45, 2.75) is 132 Å². The predicted octanol–water partition coefficient (Wildman–Crippen LogP) is 20.0. The maximum absolute atomic E-state index is 6.16. The number of aromatic amines is 1. The Kier molecular flexibility index (Phi) is 25.0. The average Bonchev–Trinajstić information content (AvgIpc) is 3.84. The standard InChI is InChI=1S/C13H16N2.C11H14ClNO.C10H12N2.C9H10Cl2.C8H10Cl2N2.C8H9Cl2N/c1-8(2)12-5-11-6-14-7-15-13(11)10(4)9(12)3;1-7(2)8-5-11-10(6-9(8)12)13-3-4-14-11;1-7(2)8-3-4-10-9(5-8)6-11-12-10;1-6(2)7-4-3-5-8(10)9(7)11;1-4(2)5-3-6(11)12-8(10)7(5)9;1-5(2)6-3-4-11-8(10)7(6)9/h5-8H,1-4H3;5-7,13H,3-4H2,1-2H3;3-7H,1-2H3,(H,11,12);3-6H,1-2H3;3-4H,1-2H3,(H2,11,12);3-5H,1-2H3. The van der Waals surface area contributed by atoms with E-state index in [4.69, 9.17) is 91.7 Å². The van der Waals surface area contributed by atoms with E-state index in [9.17, 15) is 0 Å². The van der Waals surface area contributed by atoms with Gasteiger partial charge in [-0.15, -0.1) is 0 Å². The van der Waals surface area contributed by atoms with Crippen LogP contribution in [0.15, 0.2) is 91.6 Å². The number of nitrogen functional groups attached to an aromatic ring is 1. The number of fused-ring (bicyclic) bond motifs is 3. The van der Waals surface area contributed by atoms with E-state index in [-0.39, 0.29) is 5.15 Å². The molecule has 16 heteroatoms. The van der Waals surface area contributed by atoms with Gasteiger partial charge >= 0.3 is 0 Å². The van der Waals surface area contributed by atoms with Crippen LogP contribution >= 0.6 is 81.2 Å². The van der Waals surface area contributed by atoms with Crippen LogP contribution in [0.2, 0.25) is 35.4 Å². The third-order valence-corrected chi connectivity index (χ3v) is 14.9. The van der Waals surface area contributed by atoms with Gasteiger partial charge in [-0.1, -0.05) is 182 Å². The molecule has 0 spiro atoms. The molecule has 4 aromatic heterocycles. The smallest absolute Gasteiger partial charge is 0.150 e. The highest BCUT2D eigenvalue weighted by Gasteiger charge is 2.16. The minimum atomic E-state index is 0.278. The van der Waals surface area contributed by atoms with Crippen molar-refractivity contribution in [2.75, 3.05) is 24.2 Å². The summed E-state index contributed by atoms with van der Waals surface area (Å²) >= 11 is 41.2. The second-order valence-electron chi connectivity index (χ2n) is 19.9. The quantitative estimate of drug-likeness (QED) is 0.141. The molecule has 0 saturated carbocycles. The van der Waals surface area contributed by atoms with Gasteiger partial charge in [-0.2, -0.15) is 5.10 Å². The van der Waals surface area contributed by atoms with Crippen molar-refractivity contribution in [3.05, 3.63) is 172 Å². The second-order valence-corrected chi connectivity index (χ2v) is 22.5. The Morgan fingerprint density at radius 3 is 1.79 bits per heavy atom. The number of H-pyrrole nitrogens is 1. The lowest BCUT2D eigenvalue weighted by molar-refractivity contribution is 0.323. The summed E-state index contributed by atoms with van der Waals surface area (Å²) in [7, 11) is 0. The maximum atomic E-state index is 6.16. The van der Waals surface area contributed by atoms with Gasteiger partial charge < -0.3 is 15.8 Å². The Labute approximate surface area is 480 Å². The molecule has 1 aliphatic heterocycles. The zero-order valence-electron chi connectivity index (χ0n) is 45.4. The van der Waals surface area contributed by atoms with E-state index in [2.05, 4.69) is 143 Å². The fourth-order valence-corrected chi connectivity index (χ4v) is 9.69. The third-order valence-electron chi connectivity index (χ3n) is 12.2. The van der Waals surface area contributed by atoms with Crippen LogP contribution in [0.4, 0.5) is 11.5 Å². The van der Waals surface area contributed by atoms with Crippen LogP contribution in [0.3, 0.4) is 0 Å². The van der Waals surface area contributed by atoms with Gasteiger partial charge in [0.25, 0.3) is 0 Å². The molecule has 0 fully saturated rings. The number of pyridine rings is 2. The SMILES string of the molecule is CC(C)c1cc(N)nc(Cl)c1Cl.CC(C)c1cc2c(cc1Cl)NCCO2.CC(C)c1ccc2[nH]ncc2c1.CC(C)c1cccc(Cl)c1Cl.CC(C)c1ccnc(Cl)c1Cl.Cc1c(C(C)C)cc2cncnc2c1C. The van der Waals surface area contributed by atoms with Crippen LogP contribution in [-0.2, 0) is 0 Å². The number of nitrogens with one attached hydrogen (secondary N) is 2. The van der Waals surface area contributed by atoms with E-state index >= 15 is 0 Å². The number of aromatic nitrogens is 6. The van der Waals surface area contributed by atoms with Crippen LogP contribution in [0.1, 0.15) is 163 Å². The molecule has 75 heavy (non-hydrogen) atoms. The van der Waals surface area contributed by atoms with Crippen molar-refractivity contribution >= 4 is 115 Å². The largest absolute Gasteiger partial charge is 0.490 e. The summed E-state index contributed by atoms with van der Waals surface area (Å²) in [5, 5.41) is 16.4. The minimum absolute atomic E-state index is 0.278. The highest BCUT2D eigenvalue weighted by molar-refractivity contribution is 6.43. The molecule has 0 amide bonds. The molecule has 0 unspecified atom stereocenters. The van der Waals surface area contributed by atoms with Crippen LogP contribution in [-0.4, -0.2) is 43.3 Å². The van der Waals surface area contributed by atoms with Crippen molar-refractivity contribution in [1.82, 2.24) is 30.1 Å². The van der Waals surface area contributed by atoms with Crippen LogP contribution < -0.4 is 15.8 Å². The summed E-state index contributed by atoms with van der Waals surface area (Å²) in [6, 6.07) is 22.0. The van der Waals surface area contributed by atoms with E-state index in [1.54, 1.807) is 24.7 Å². The Hall–Kier alpha value is -4.58. The Bertz CT molecular complexity index is 3060. The first-order valence-electron chi connectivity index (χ1n) is 25.0. The molecule has 5 heterocycles. The van der Waals surface area contributed by atoms with Gasteiger partial charge in [0.1, 0.15) is 34.8 Å². The summed E-state index contributed by atoms with van der Waals surface area (Å²) in [6.45, 7) is 31.3. The first-order chi connectivity index (χ1) is 35.3.